The van der Waals surface area contributed by atoms with Crippen molar-refractivity contribution < 1.29 is 24.2 Å². The van der Waals surface area contributed by atoms with Crippen molar-refractivity contribution in [3.8, 4) is 11.5 Å². The van der Waals surface area contributed by atoms with E-state index in [0.717, 1.165) is 11.8 Å². The van der Waals surface area contributed by atoms with Crippen molar-refractivity contribution in [2.75, 3.05) is 18.6 Å². The molecular formula is C19H13Cl2NO5S2. The van der Waals surface area contributed by atoms with Gasteiger partial charge in [-0.25, -0.2) is 4.79 Å². The molecule has 6 nitrogen and oxygen atoms in total. The molecule has 2 aromatic rings. The van der Waals surface area contributed by atoms with Gasteiger partial charge in [-0.1, -0.05) is 53.2 Å². The number of nitrogens with zero attached hydrogens (tertiary/aromatic N) is 1. The molecule has 1 saturated heterocycles. The van der Waals surface area contributed by atoms with Gasteiger partial charge < -0.3 is 14.6 Å². The zero-order valence-electron chi connectivity index (χ0n) is 14.8. The van der Waals surface area contributed by atoms with Crippen LogP contribution >= 0.6 is 47.2 Å². The lowest BCUT2D eigenvalue weighted by atomic mass is 10.2. The average molecular weight is 470 g/mol. The predicted octanol–water partition coefficient (Wildman–Crippen LogP) is 4.87. The molecule has 1 fully saturated rings. The van der Waals surface area contributed by atoms with Gasteiger partial charge in [0.05, 0.1) is 22.7 Å². The zero-order chi connectivity index (χ0) is 21.1. The standard InChI is InChI=1S/C19H13Cl2NO5S2/c1-26-15-6-10(2-5-14(15)27-9-17(23)24)7-16-18(25)22(19(28)29-16)13-4-3-11(20)8-12(13)21/h2-8H,9H2,1H3,(H,23,24). The number of rotatable bonds is 6. The number of hydrogen-bond acceptors (Lipinski definition) is 6. The summed E-state index contributed by atoms with van der Waals surface area (Å²) in [6.07, 6.45) is 1.66. The number of aliphatic carboxylic acids is 1. The third-order valence-corrected chi connectivity index (χ3v) is 5.62. The molecule has 0 aromatic heterocycles. The number of hydrogen-bond donors (Lipinski definition) is 1. The highest BCUT2D eigenvalue weighted by Crippen LogP contribution is 2.40. The summed E-state index contributed by atoms with van der Waals surface area (Å²) in [7, 11) is 1.44. The van der Waals surface area contributed by atoms with Gasteiger partial charge in [0.1, 0.15) is 0 Å². The molecule has 3 rings (SSSR count). The second kappa shape index (κ2) is 9.04. The smallest absolute Gasteiger partial charge is 0.341 e. The quantitative estimate of drug-likeness (QED) is 0.477. The number of benzene rings is 2. The second-order valence-corrected chi connectivity index (χ2v) is 8.22. The van der Waals surface area contributed by atoms with E-state index in [4.69, 9.17) is 50.0 Å². The molecule has 150 valence electrons. The number of methoxy groups -OCH3 is 1. The van der Waals surface area contributed by atoms with Crippen LogP contribution in [0.3, 0.4) is 0 Å². The summed E-state index contributed by atoms with van der Waals surface area (Å²) in [6.45, 7) is -0.490. The van der Waals surface area contributed by atoms with Crippen LogP contribution < -0.4 is 14.4 Å². The van der Waals surface area contributed by atoms with Crippen LogP contribution in [-0.2, 0) is 9.59 Å². The number of thiocarbonyl (C=S) groups is 1. The molecule has 0 spiro atoms. The second-order valence-electron chi connectivity index (χ2n) is 5.71. The predicted molar refractivity (Wildman–Crippen MR) is 118 cm³/mol. The third-order valence-electron chi connectivity index (χ3n) is 3.78. The Labute approximate surface area is 186 Å². The first-order valence-corrected chi connectivity index (χ1v) is 10.0. The number of carboxylic acid groups (broad SMARTS) is 1. The lowest BCUT2D eigenvalue weighted by Crippen LogP contribution is -2.27. The fourth-order valence-electron chi connectivity index (χ4n) is 2.52. The maximum absolute atomic E-state index is 12.9. The maximum Gasteiger partial charge on any atom is 0.341 e. The minimum absolute atomic E-state index is 0.285. The topological polar surface area (TPSA) is 76.1 Å². The zero-order valence-corrected chi connectivity index (χ0v) is 18.0. The van der Waals surface area contributed by atoms with Gasteiger partial charge in [0, 0.05) is 5.02 Å². The maximum atomic E-state index is 12.9. The van der Waals surface area contributed by atoms with Crippen LogP contribution in [0.1, 0.15) is 5.56 Å². The molecule has 0 bridgehead atoms. The Balaban J connectivity index is 1.88. The Kier molecular flexibility index (Phi) is 6.69. The van der Waals surface area contributed by atoms with Crippen molar-refractivity contribution in [2.24, 2.45) is 0 Å². The summed E-state index contributed by atoms with van der Waals surface area (Å²) < 4.78 is 10.8. The molecule has 0 radical (unpaired) electrons. The summed E-state index contributed by atoms with van der Waals surface area (Å²) in [6, 6.07) is 9.70. The van der Waals surface area contributed by atoms with E-state index in [9.17, 15) is 9.59 Å². The fourth-order valence-corrected chi connectivity index (χ4v) is 4.30. The number of carbonyl (C=O) groups is 2. The van der Waals surface area contributed by atoms with Crippen LogP contribution in [0.15, 0.2) is 41.3 Å². The largest absolute Gasteiger partial charge is 0.493 e. The molecule has 29 heavy (non-hydrogen) atoms. The number of carboxylic acids is 1. The monoisotopic (exact) mass is 469 g/mol. The summed E-state index contributed by atoms with van der Waals surface area (Å²) in [5.41, 5.74) is 1.11. The lowest BCUT2D eigenvalue weighted by molar-refractivity contribution is -0.139. The highest BCUT2D eigenvalue weighted by atomic mass is 35.5. The van der Waals surface area contributed by atoms with E-state index >= 15 is 0 Å². The van der Waals surface area contributed by atoms with Crippen LogP contribution in [0.5, 0.6) is 11.5 Å². The first kappa shape index (κ1) is 21.4. The number of thioether (sulfide) groups is 1. The first-order valence-electron chi connectivity index (χ1n) is 8.06. The average Bonchev–Trinajstić information content (AvgIpc) is 2.94. The van der Waals surface area contributed by atoms with Crippen molar-refractivity contribution in [3.05, 3.63) is 56.9 Å². The highest BCUT2D eigenvalue weighted by Gasteiger charge is 2.34. The van der Waals surface area contributed by atoms with E-state index in [0.29, 0.717) is 36.3 Å². The molecule has 1 aliphatic rings. The van der Waals surface area contributed by atoms with Gasteiger partial charge in [-0.3, -0.25) is 9.69 Å². The van der Waals surface area contributed by atoms with Crippen LogP contribution in [0.25, 0.3) is 6.08 Å². The van der Waals surface area contributed by atoms with Crippen molar-refractivity contribution in [1.29, 1.82) is 0 Å². The summed E-state index contributed by atoms with van der Waals surface area (Å²) in [4.78, 5) is 25.3. The van der Waals surface area contributed by atoms with Gasteiger partial charge in [0.25, 0.3) is 5.91 Å². The van der Waals surface area contributed by atoms with Crippen molar-refractivity contribution in [2.45, 2.75) is 0 Å². The summed E-state index contributed by atoms with van der Waals surface area (Å²) in [5.74, 6) is -0.779. The molecule has 0 saturated carbocycles. The third kappa shape index (κ3) is 4.84. The van der Waals surface area contributed by atoms with E-state index in [1.54, 1.807) is 42.5 Å². The number of ether oxygens (including phenoxy) is 2. The van der Waals surface area contributed by atoms with E-state index in [-0.39, 0.29) is 11.7 Å². The minimum Gasteiger partial charge on any atom is -0.493 e. The molecule has 1 heterocycles. The molecule has 1 N–H and O–H groups in total. The molecule has 0 atom stereocenters. The number of halogens is 2. The van der Waals surface area contributed by atoms with Gasteiger partial charge in [-0.05, 0) is 42.0 Å². The van der Waals surface area contributed by atoms with E-state index in [1.165, 1.54) is 12.0 Å². The highest BCUT2D eigenvalue weighted by molar-refractivity contribution is 8.27. The Bertz CT molecular complexity index is 1040. The molecule has 1 amide bonds. The lowest BCUT2D eigenvalue weighted by Gasteiger charge is -2.16. The molecule has 10 heteroatoms. The van der Waals surface area contributed by atoms with Gasteiger partial charge in [0.2, 0.25) is 0 Å². The molecule has 0 aliphatic carbocycles. The first-order chi connectivity index (χ1) is 13.8. The van der Waals surface area contributed by atoms with Crippen molar-refractivity contribution >= 4 is 75.1 Å². The van der Waals surface area contributed by atoms with Gasteiger partial charge in [-0.2, -0.15) is 0 Å². The van der Waals surface area contributed by atoms with Crippen molar-refractivity contribution in [1.82, 2.24) is 0 Å². The number of anilines is 1. The number of carbonyl (C=O) groups excluding carboxylic acids is 1. The van der Waals surface area contributed by atoms with Gasteiger partial charge >= 0.3 is 5.97 Å². The Morgan fingerprint density at radius 2 is 2.00 bits per heavy atom. The Hall–Kier alpha value is -2.26. The van der Waals surface area contributed by atoms with Crippen molar-refractivity contribution in [3.63, 3.8) is 0 Å². The van der Waals surface area contributed by atoms with E-state index in [2.05, 4.69) is 0 Å². The fraction of sp³-hybridized carbons (Fsp3) is 0.105. The van der Waals surface area contributed by atoms with Gasteiger partial charge in [0.15, 0.2) is 22.4 Å². The minimum atomic E-state index is -1.10. The SMILES string of the molecule is COc1cc(C=C2SC(=S)N(c3ccc(Cl)cc3Cl)C2=O)ccc1OCC(=O)O. The van der Waals surface area contributed by atoms with Crippen LogP contribution in [0.2, 0.25) is 10.0 Å². The normalized spacial score (nSPS) is 15.1. The molecule has 1 aliphatic heterocycles. The summed E-state index contributed by atoms with van der Waals surface area (Å²) >= 11 is 18.6. The summed E-state index contributed by atoms with van der Waals surface area (Å²) in [5, 5.41) is 9.51. The van der Waals surface area contributed by atoms with Crippen LogP contribution in [-0.4, -0.2) is 35.0 Å². The molecule has 0 unspecified atom stereocenters. The van der Waals surface area contributed by atoms with E-state index < -0.39 is 12.6 Å². The van der Waals surface area contributed by atoms with Crippen LogP contribution in [0, 0.1) is 0 Å². The number of amides is 1. The molecular weight excluding hydrogens is 457 g/mol. The Morgan fingerprint density at radius 1 is 1.24 bits per heavy atom. The Morgan fingerprint density at radius 3 is 2.66 bits per heavy atom. The van der Waals surface area contributed by atoms with Crippen LogP contribution in [0.4, 0.5) is 5.69 Å². The van der Waals surface area contributed by atoms with E-state index in [1.807, 2.05) is 0 Å². The molecule has 2 aromatic carbocycles. The van der Waals surface area contributed by atoms with Gasteiger partial charge in [-0.15, -0.1) is 0 Å².